The lowest BCUT2D eigenvalue weighted by Gasteiger charge is -2.42. The predicted molar refractivity (Wildman–Crippen MR) is 201 cm³/mol. The first-order valence-corrected chi connectivity index (χ1v) is 16.9. The molecule has 0 spiro atoms. The summed E-state index contributed by atoms with van der Waals surface area (Å²) in [5.74, 6) is -0.350. The third-order valence-electron chi connectivity index (χ3n) is 10.7. The van der Waals surface area contributed by atoms with Gasteiger partial charge in [-0.1, -0.05) is 86.6 Å². The van der Waals surface area contributed by atoms with Crippen LogP contribution in [0.25, 0.3) is 55.5 Å². The first-order chi connectivity index (χ1) is 24.7. The highest BCUT2D eigenvalue weighted by atomic mass is 19.1. The van der Waals surface area contributed by atoms with E-state index in [1.807, 2.05) is 24.3 Å². The average Bonchev–Trinajstić information content (AvgIpc) is 3.45. The van der Waals surface area contributed by atoms with Crippen LogP contribution in [0.15, 0.2) is 109 Å². The van der Waals surface area contributed by atoms with E-state index < -0.39 is 0 Å². The fourth-order valence-corrected chi connectivity index (χ4v) is 8.23. The molecule has 51 heavy (non-hydrogen) atoms. The molecule has 5 nitrogen and oxygen atoms in total. The van der Waals surface area contributed by atoms with Crippen molar-refractivity contribution in [3.8, 4) is 56.9 Å². The molecule has 0 amide bonds. The molecule has 6 aromatic carbocycles. The van der Waals surface area contributed by atoms with Crippen LogP contribution in [0.3, 0.4) is 0 Å². The molecule has 0 fully saturated rings. The molecule has 1 aliphatic carbocycles. The van der Waals surface area contributed by atoms with Gasteiger partial charge in [0.25, 0.3) is 0 Å². The maximum Gasteiger partial charge on any atom is 0.177 e. The van der Waals surface area contributed by atoms with Gasteiger partial charge in [0.15, 0.2) is 11.4 Å². The number of nitrogens with zero attached hydrogens (tertiary/aromatic N) is 5. The van der Waals surface area contributed by atoms with Gasteiger partial charge in [-0.2, -0.15) is 10.5 Å². The lowest BCUT2D eigenvalue weighted by Crippen LogP contribution is -2.30. The Kier molecular flexibility index (Phi) is 6.53. The minimum absolute atomic E-state index is 0.0363. The Morgan fingerprint density at radius 3 is 1.67 bits per heavy atom. The zero-order chi connectivity index (χ0) is 35.2. The van der Waals surface area contributed by atoms with Gasteiger partial charge < -0.3 is 4.90 Å². The molecule has 0 radical (unpaired) electrons. The number of para-hydroxylation sites is 2. The number of rotatable bonds is 3. The number of aryl methyl sites for hydroxylation is 2. The summed E-state index contributed by atoms with van der Waals surface area (Å²) in [4.78, 5) is 11.3. The predicted octanol–water partition coefficient (Wildman–Crippen LogP) is 11.2. The molecule has 0 atom stereocenters. The fourth-order valence-electron chi connectivity index (χ4n) is 8.23. The zero-order valence-corrected chi connectivity index (χ0v) is 28.5. The van der Waals surface area contributed by atoms with E-state index >= 15 is 4.39 Å². The van der Waals surface area contributed by atoms with Crippen molar-refractivity contribution < 1.29 is 4.39 Å². The van der Waals surface area contributed by atoms with Crippen molar-refractivity contribution in [1.29, 1.82) is 10.5 Å². The standard InChI is InChI=1S/C45H30FN5/c1-25-21-27(31-17-18-32-41-33(19-20-36(46)42(31)41)44-43(32)49-37(23-47)38(24-48)50-44)13-15-29(25)30-16-14-28(22-26(30)2)51-39-11-7-5-9-34(39)45(3,4)35-10-6-8-12-40(35)51/h5-22H,1-4H3. The molecule has 2 aliphatic rings. The van der Waals surface area contributed by atoms with Gasteiger partial charge in [-0.05, 0) is 94.8 Å². The quantitative estimate of drug-likeness (QED) is 0.189. The molecule has 6 heteroatoms. The van der Waals surface area contributed by atoms with Crippen LogP contribution in [0.4, 0.5) is 21.5 Å². The molecule has 1 aromatic heterocycles. The maximum atomic E-state index is 15.8. The Morgan fingerprint density at radius 2 is 1.10 bits per heavy atom. The Hall–Kier alpha value is -6.63. The third-order valence-corrected chi connectivity index (χ3v) is 10.7. The van der Waals surface area contributed by atoms with Crippen molar-refractivity contribution in [2.75, 3.05) is 4.90 Å². The van der Waals surface area contributed by atoms with E-state index in [9.17, 15) is 10.5 Å². The topological polar surface area (TPSA) is 76.6 Å². The molecular formula is C45H30FN5. The van der Waals surface area contributed by atoms with Crippen LogP contribution >= 0.6 is 0 Å². The summed E-state index contributed by atoms with van der Waals surface area (Å²) in [5.41, 5.74) is 14.4. The minimum atomic E-state index is -0.350. The van der Waals surface area contributed by atoms with Gasteiger partial charge >= 0.3 is 0 Å². The normalized spacial score (nSPS) is 13.3. The summed E-state index contributed by atoms with van der Waals surface area (Å²) in [5, 5.41) is 20.3. The van der Waals surface area contributed by atoms with Crippen molar-refractivity contribution in [3.05, 3.63) is 149 Å². The van der Waals surface area contributed by atoms with Crippen molar-refractivity contribution in [2.45, 2.75) is 33.1 Å². The number of halogens is 1. The smallest absolute Gasteiger partial charge is 0.177 e. The monoisotopic (exact) mass is 659 g/mol. The molecule has 7 aromatic rings. The Labute approximate surface area is 295 Å². The van der Waals surface area contributed by atoms with Gasteiger partial charge in [0.2, 0.25) is 0 Å². The van der Waals surface area contributed by atoms with Crippen molar-refractivity contribution >= 4 is 27.8 Å². The van der Waals surface area contributed by atoms with Gasteiger partial charge in [0.05, 0.1) is 22.8 Å². The second-order valence-electron chi connectivity index (χ2n) is 13.9. The van der Waals surface area contributed by atoms with Crippen LogP contribution in [-0.4, -0.2) is 9.97 Å². The molecule has 0 saturated heterocycles. The van der Waals surface area contributed by atoms with Crippen LogP contribution in [0.2, 0.25) is 0 Å². The highest BCUT2D eigenvalue weighted by Crippen LogP contribution is 2.52. The van der Waals surface area contributed by atoms with Crippen molar-refractivity contribution in [2.24, 2.45) is 0 Å². The molecule has 9 rings (SSSR count). The van der Waals surface area contributed by atoms with Crippen LogP contribution in [0.5, 0.6) is 0 Å². The summed E-state index contributed by atoms with van der Waals surface area (Å²) in [6, 6.07) is 41.2. The van der Waals surface area contributed by atoms with Crippen LogP contribution in [-0.2, 0) is 5.41 Å². The summed E-state index contributed by atoms with van der Waals surface area (Å²) >= 11 is 0. The van der Waals surface area contributed by atoms with Crippen LogP contribution < -0.4 is 4.90 Å². The number of hydrogen-bond acceptors (Lipinski definition) is 5. The maximum absolute atomic E-state index is 15.8. The van der Waals surface area contributed by atoms with E-state index in [0.29, 0.717) is 33.3 Å². The summed E-state index contributed by atoms with van der Waals surface area (Å²) < 4.78 is 15.8. The largest absolute Gasteiger partial charge is 0.310 e. The van der Waals surface area contributed by atoms with E-state index in [4.69, 9.17) is 0 Å². The number of hydrogen-bond donors (Lipinski definition) is 0. The van der Waals surface area contributed by atoms with Gasteiger partial charge in [-0.25, -0.2) is 14.4 Å². The first-order valence-electron chi connectivity index (χ1n) is 16.9. The highest BCUT2D eigenvalue weighted by molar-refractivity contribution is 6.17. The van der Waals surface area contributed by atoms with E-state index in [0.717, 1.165) is 39.1 Å². The number of nitriles is 2. The summed E-state index contributed by atoms with van der Waals surface area (Å²) in [6.07, 6.45) is 0. The van der Waals surface area contributed by atoms with E-state index in [-0.39, 0.29) is 22.6 Å². The summed E-state index contributed by atoms with van der Waals surface area (Å²) in [6.45, 7) is 8.85. The lowest BCUT2D eigenvalue weighted by molar-refractivity contribution is 0.632. The molecular weight excluding hydrogens is 630 g/mol. The average molecular weight is 660 g/mol. The Morgan fingerprint density at radius 1 is 0.588 bits per heavy atom. The fraction of sp³-hybridized carbons (Fsp3) is 0.111. The molecule has 0 bridgehead atoms. The van der Waals surface area contributed by atoms with Gasteiger partial charge in [0.1, 0.15) is 18.0 Å². The summed E-state index contributed by atoms with van der Waals surface area (Å²) in [7, 11) is 0. The second-order valence-corrected chi connectivity index (χ2v) is 13.9. The highest BCUT2D eigenvalue weighted by Gasteiger charge is 2.36. The van der Waals surface area contributed by atoms with Crippen molar-refractivity contribution in [3.63, 3.8) is 0 Å². The number of aromatic nitrogens is 2. The molecule has 0 N–H and O–H groups in total. The third kappa shape index (κ3) is 4.30. The molecule has 0 unspecified atom stereocenters. The molecule has 2 heterocycles. The zero-order valence-electron chi connectivity index (χ0n) is 28.5. The first kappa shape index (κ1) is 30.4. The number of anilines is 3. The molecule has 0 saturated carbocycles. The Bertz CT molecular complexity index is 2650. The number of benzene rings is 6. The Balaban J connectivity index is 1.12. The van der Waals surface area contributed by atoms with E-state index in [1.165, 1.54) is 28.6 Å². The minimum Gasteiger partial charge on any atom is -0.310 e. The molecule has 242 valence electrons. The second kappa shape index (κ2) is 10.9. The van der Waals surface area contributed by atoms with E-state index in [2.05, 4.69) is 127 Å². The molecule has 1 aliphatic heterocycles. The van der Waals surface area contributed by atoms with Gasteiger partial charge in [0, 0.05) is 33.0 Å². The SMILES string of the molecule is Cc1cc(-c2ccc3c4c(ccc(F)c24)-c2nc(C#N)c(C#N)nc2-3)ccc1-c1ccc(N2c3ccccc3C(C)(C)c3ccccc32)cc1C. The number of fused-ring (bicyclic) bond motifs is 5. The van der Waals surface area contributed by atoms with Crippen molar-refractivity contribution in [1.82, 2.24) is 9.97 Å². The van der Waals surface area contributed by atoms with Crippen LogP contribution in [0.1, 0.15) is 47.5 Å². The van der Waals surface area contributed by atoms with Gasteiger partial charge in [-0.3, -0.25) is 0 Å². The van der Waals surface area contributed by atoms with E-state index in [1.54, 1.807) is 6.07 Å². The van der Waals surface area contributed by atoms with Crippen LogP contribution in [0, 0.1) is 42.3 Å². The lowest BCUT2D eigenvalue weighted by atomic mass is 9.73. The van der Waals surface area contributed by atoms with Gasteiger partial charge in [-0.15, -0.1) is 0 Å².